The van der Waals surface area contributed by atoms with Crippen molar-refractivity contribution in [1.82, 2.24) is 0 Å². The van der Waals surface area contributed by atoms with Crippen LogP contribution in [0.4, 0.5) is 10.7 Å². The molecule has 8 heteroatoms. The standard InChI is InChI=1S/C27H24N2O5S/c1-33-27(32)20-18-14-8-9-15-19(18)35-26(20)28-24(30)21-22(16-10-4-2-5-11-16)29(34-23(21)25(28)31)17-12-6-3-7-13-17/h2-7,10-13,21-23H,8-9,14-15H2,1H3/t21-,22-,23+/m0/s1. The smallest absolute Gasteiger partial charge is 0.341 e. The highest BCUT2D eigenvalue weighted by Crippen LogP contribution is 2.50. The molecule has 2 amide bonds. The summed E-state index contributed by atoms with van der Waals surface area (Å²) in [7, 11) is 1.33. The number of benzene rings is 2. The van der Waals surface area contributed by atoms with Gasteiger partial charge in [0.1, 0.15) is 10.9 Å². The molecule has 35 heavy (non-hydrogen) atoms. The Morgan fingerprint density at radius 3 is 2.37 bits per heavy atom. The van der Waals surface area contributed by atoms with Gasteiger partial charge in [-0.1, -0.05) is 48.5 Å². The van der Waals surface area contributed by atoms with Crippen LogP contribution in [0.1, 0.15) is 45.2 Å². The van der Waals surface area contributed by atoms with Gasteiger partial charge in [-0.25, -0.2) is 14.8 Å². The Morgan fingerprint density at radius 1 is 0.971 bits per heavy atom. The van der Waals surface area contributed by atoms with Crippen LogP contribution in [0.2, 0.25) is 0 Å². The zero-order valence-corrected chi connectivity index (χ0v) is 20.0. The van der Waals surface area contributed by atoms with E-state index in [2.05, 4.69) is 0 Å². The number of thiophene rings is 1. The van der Waals surface area contributed by atoms with E-state index in [9.17, 15) is 14.4 Å². The number of hydroxylamine groups is 1. The summed E-state index contributed by atoms with van der Waals surface area (Å²) in [6.45, 7) is 0. The molecule has 6 rings (SSSR count). The van der Waals surface area contributed by atoms with Crippen molar-refractivity contribution < 1.29 is 24.0 Å². The van der Waals surface area contributed by atoms with Gasteiger partial charge in [0.2, 0.25) is 5.91 Å². The van der Waals surface area contributed by atoms with Crippen LogP contribution in [0.25, 0.3) is 0 Å². The molecule has 3 aliphatic rings. The lowest BCUT2D eigenvalue weighted by atomic mass is 9.90. The second kappa shape index (κ2) is 8.62. The van der Waals surface area contributed by atoms with Crippen LogP contribution in [-0.2, 0) is 32.0 Å². The molecule has 2 aromatic carbocycles. The monoisotopic (exact) mass is 488 g/mol. The van der Waals surface area contributed by atoms with Crippen molar-refractivity contribution in [3.63, 3.8) is 0 Å². The van der Waals surface area contributed by atoms with Gasteiger partial charge in [0, 0.05) is 4.88 Å². The Bertz CT molecular complexity index is 1310. The van der Waals surface area contributed by atoms with Crippen molar-refractivity contribution in [2.45, 2.75) is 37.8 Å². The third-order valence-corrected chi connectivity index (χ3v) is 8.29. The maximum absolute atomic E-state index is 14.0. The number of amides is 2. The Hall–Kier alpha value is -3.49. The van der Waals surface area contributed by atoms with E-state index >= 15 is 0 Å². The minimum atomic E-state index is -0.975. The SMILES string of the molecule is COC(=O)c1c(N2C(=O)[C@@H]3[C@@H](ON(c4ccccc4)[C@H]3c3ccccc3)C2=O)sc2c1CCCC2. The minimum Gasteiger partial charge on any atom is -0.465 e. The van der Waals surface area contributed by atoms with Gasteiger partial charge in [-0.2, -0.15) is 0 Å². The fourth-order valence-electron chi connectivity index (χ4n) is 5.42. The van der Waals surface area contributed by atoms with Crippen molar-refractivity contribution in [1.29, 1.82) is 0 Å². The number of aryl methyl sites for hydroxylation is 1. The largest absolute Gasteiger partial charge is 0.465 e. The molecule has 7 nitrogen and oxygen atoms in total. The number of carbonyl (C=O) groups is 3. The number of esters is 1. The van der Waals surface area contributed by atoms with E-state index in [0.717, 1.165) is 47.4 Å². The molecule has 0 saturated carbocycles. The van der Waals surface area contributed by atoms with Crippen LogP contribution in [0, 0.1) is 5.92 Å². The van der Waals surface area contributed by atoms with Crippen molar-refractivity contribution >= 4 is 39.8 Å². The molecule has 1 aromatic heterocycles. The van der Waals surface area contributed by atoms with Crippen molar-refractivity contribution in [3.05, 3.63) is 82.2 Å². The van der Waals surface area contributed by atoms with E-state index < -0.39 is 29.9 Å². The maximum Gasteiger partial charge on any atom is 0.341 e. The van der Waals surface area contributed by atoms with Gasteiger partial charge < -0.3 is 4.74 Å². The highest BCUT2D eigenvalue weighted by atomic mass is 32.1. The number of nitrogens with zero attached hydrogens (tertiary/aromatic N) is 2. The summed E-state index contributed by atoms with van der Waals surface area (Å²) in [5.74, 6) is -2.04. The highest BCUT2D eigenvalue weighted by molar-refractivity contribution is 7.17. The highest BCUT2D eigenvalue weighted by Gasteiger charge is 2.61. The van der Waals surface area contributed by atoms with Gasteiger partial charge in [0.05, 0.1) is 24.4 Å². The van der Waals surface area contributed by atoms with Gasteiger partial charge in [-0.3, -0.25) is 14.4 Å². The van der Waals surface area contributed by atoms with Crippen molar-refractivity contribution in [3.8, 4) is 0 Å². The molecule has 2 fully saturated rings. The average Bonchev–Trinajstić information content (AvgIpc) is 3.55. The number of hydrogen-bond donors (Lipinski definition) is 0. The summed E-state index contributed by atoms with van der Waals surface area (Å²) < 4.78 is 5.07. The zero-order valence-electron chi connectivity index (χ0n) is 19.2. The number of para-hydroxylation sites is 1. The second-order valence-electron chi connectivity index (χ2n) is 8.96. The lowest BCUT2D eigenvalue weighted by Gasteiger charge is -2.28. The van der Waals surface area contributed by atoms with Gasteiger partial charge in [0.15, 0.2) is 6.10 Å². The molecular weight excluding hydrogens is 464 g/mol. The topological polar surface area (TPSA) is 76.2 Å². The third-order valence-electron chi connectivity index (χ3n) is 7.01. The first-order chi connectivity index (χ1) is 17.1. The zero-order chi connectivity index (χ0) is 24.1. The molecule has 2 aliphatic heterocycles. The fourth-order valence-corrected chi connectivity index (χ4v) is 6.81. The first kappa shape index (κ1) is 22.0. The summed E-state index contributed by atoms with van der Waals surface area (Å²) >= 11 is 1.36. The maximum atomic E-state index is 14.0. The molecule has 0 radical (unpaired) electrons. The molecule has 178 valence electrons. The van der Waals surface area contributed by atoms with E-state index in [4.69, 9.17) is 9.57 Å². The number of methoxy groups -OCH3 is 1. The Kier molecular flexibility index (Phi) is 5.42. The lowest BCUT2D eigenvalue weighted by molar-refractivity contribution is -0.126. The van der Waals surface area contributed by atoms with E-state index in [1.54, 1.807) is 5.06 Å². The first-order valence-corrected chi connectivity index (χ1v) is 12.6. The molecule has 2 saturated heterocycles. The average molecular weight is 489 g/mol. The van der Waals surface area contributed by atoms with Crippen molar-refractivity contribution in [2.24, 2.45) is 5.92 Å². The molecule has 3 atom stereocenters. The summed E-state index contributed by atoms with van der Waals surface area (Å²) in [6, 6.07) is 18.6. The number of ether oxygens (including phenoxy) is 1. The van der Waals surface area contributed by atoms with Gasteiger partial charge in [-0.15, -0.1) is 11.3 Å². The minimum absolute atomic E-state index is 0.351. The Labute approximate surface area is 206 Å². The summed E-state index contributed by atoms with van der Waals surface area (Å²) in [5.41, 5.74) is 2.91. The predicted octanol–water partition coefficient (Wildman–Crippen LogP) is 4.46. The lowest BCUT2D eigenvalue weighted by Crippen LogP contribution is -2.37. The van der Waals surface area contributed by atoms with Crippen LogP contribution in [0.5, 0.6) is 0 Å². The molecule has 0 unspecified atom stereocenters. The second-order valence-corrected chi connectivity index (χ2v) is 10.0. The number of carbonyl (C=O) groups excluding carboxylic acids is 3. The summed E-state index contributed by atoms with van der Waals surface area (Å²) in [5, 5.41) is 2.05. The molecule has 3 heterocycles. The first-order valence-electron chi connectivity index (χ1n) is 11.8. The van der Waals surface area contributed by atoms with E-state index in [1.165, 1.54) is 23.3 Å². The van der Waals surface area contributed by atoms with Crippen LogP contribution < -0.4 is 9.96 Å². The molecule has 0 N–H and O–H groups in total. The quantitative estimate of drug-likeness (QED) is 0.399. The normalized spacial score (nSPS) is 23.4. The molecule has 0 spiro atoms. The van der Waals surface area contributed by atoms with Crippen molar-refractivity contribution in [2.75, 3.05) is 17.1 Å². The summed E-state index contributed by atoms with van der Waals surface area (Å²) in [6.07, 6.45) is 2.58. The van der Waals surface area contributed by atoms with Crippen LogP contribution in [0.15, 0.2) is 60.7 Å². The third kappa shape index (κ3) is 3.39. The number of imide groups is 1. The van der Waals surface area contributed by atoms with Gasteiger partial charge >= 0.3 is 5.97 Å². The fraction of sp³-hybridized carbons (Fsp3) is 0.296. The number of anilines is 2. The molecular formula is C27H24N2O5S. The summed E-state index contributed by atoms with van der Waals surface area (Å²) in [4.78, 5) is 49.0. The van der Waals surface area contributed by atoms with E-state index in [0.29, 0.717) is 10.6 Å². The molecule has 0 bridgehead atoms. The van der Waals surface area contributed by atoms with E-state index in [-0.39, 0.29) is 5.91 Å². The van der Waals surface area contributed by atoms with Crippen LogP contribution in [-0.4, -0.2) is 31.0 Å². The number of hydrogen-bond acceptors (Lipinski definition) is 7. The Morgan fingerprint density at radius 2 is 1.66 bits per heavy atom. The van der Waals surface area contributed by atoms with Gasteiger partial charge in [-0.05, 0) is 48.9 Å². The molecule has 3 aromatic rings. The Balaban J connectivity index is 1.45. The number of fused-ring (bicyclic) bond motifs is 2. The number of rotatable bonds is 4. The van der Waals surface area contributed by atoms with Crippen LogP contribution >= 0.6 is 11.3 Å². The predicted molar refractivity (Wildman–Crippen MR) is 131 cm³/mol. The molecule has 1 aliphatic carbocycles. The van der Waals surface area contributed by atoms with Gasteiger partial charge in [0.25, 0.3) is 5.91 Å². The van der Waals surface area contributed by atoms with E-state index in [1.807, 2.05) is 60.7 Å². The van der Waals surface area contributed by atoms with Crippen LogP contribution in [0.3, 0.4) is 0 Å².